The second kappa shape index (κ2) is 30.8. The largest absolute Gasteiger partial charge is 1.00 e. The van der Waals surface area contributed by atoms with Crippen LogP contribution >= 0.6 is 0 Å². The van der Waals surface area contributed by atoms with Gasteiger partial charge >= 0.3 is 29.6 Å². The molecule has 35 heavy (non-hydrogen) atoms. The number of aliphatic hydroxyl groups is 6. The van der Waals surface area contributed by atoms with Gasteiger partial charge in [0.05, 0.1) is 19.8 Å². The summed E-state index contributed by atoms with van der Waals surface area (Å²) >= 11 is 0. The van der Waals surface area contributed by atoms with E-state index in [-0.39, 0.29) is 36.2 Å². The summed E-state index contributed by atoms with van der Waals surface area (Å²) in [6, 6.07) is 0. The molecule has 0 aromatic rings. The zero-order valence-corrected chi connectivity index (χ0v) is 24.9. The fourth-order valence-electron chi connectivity index (χ4n) is 2.63. The molecule has 0 rings (SSSR count). The predicted molar refractivity (Wildman–Crippen MR) is 128 cm³/mol. The van der Waals surface area contributed by atoms with E-state index in [1.165, 1.54) is 44.9 Å². The minimum absolute atomic E-state index is 0. The standard InChI is InChI=1S/C12H26O4S.C6H14O6.C4H10O.Na/c1-2-3-4-5-6-7-8-9-10-11-12-16-17(13,14)15;7-1-3(9)5(11)6(12)4(10)2-8;1-3-5-4-2;/h2-12H2,1H3,(H,13,14,15);3-12H,1-2H2;3-4H2,1-2H3;/q;;;+1/p-1/t;3-,4+,5-,6-;;/m.1../s1. The van der Waals surface area contributed by atoms with Crippen LogP contribution in [0.4, 0.5) is 0 Å². The summed E-state index contributed by atoms with van der Waals surface area (Å²) in [6.45, 7) is 6.46. The van der Waals surface area contributed by atoms with Crippen molar-refractivity contribution in [2.75, 3.05) is 33.0 Å². The van der Waals surface area contributed by atoms with Gasteiger partial charge in [0.25, 0.3) is 0 Å². The monoisotopic (exact) mass is 544 g/mol. The molecule has 210 valence electrons. The fraction of sp³-hybridized carbons (Fsp3) is 1.00. The molecular weight excluding hydrogens is 495 g/mol. The summed E-state index contributed by atoms with van der Waals surface area (Å²) in [5, 5.41) is 52.2. The van der Waals surface area contributed by atoms with E-state index in [9.17, 15) is 13.0 Å². The van der Waals surface area contributed by atoms with Gasteiger partial charge in [-0.25, -0.2) is 8.42 Å². The van der Waals surface area contributed by atoms with Crippen LogP contribution in [-0.4, -0.2) is 101 Å². The molecule has 0 spiro atoms. The van der Waals surface area contributed by atoms with Gasteiger partial charge in [0, 0.05) is 13.2 Å². The molecule has 0 aliphatic rings. The number of hydrogen-bond acceptors (Lipinski definition) is 11. The van der Waals surface area contributed by atoms with Gasteiger partial charge in [0.15, 0.2) is 0 Å². The topological polar surface area (TPSA) is 197 Å². The van der Waals surface area contributed by atoms with Gasteiger partial charge in [-0.05, 0) is 20.3 Å². The minimum atomic E-state index is -4.48. The van der Waals surface area contributed by atoms with Crippen LogP contribution in [0.15, 0.2) is 0 Å². The first-order chi connectivity index (χ1) is 16.0. The van der Waals surface area contributed by atoms with E-state index in [0.717, 1.165) is 26.1 Å². The van der Waals surface area contributed by atoms with Crippen molar-refractivity contribution >= 4 is 10.4 Å². The summed E-state index contributed by atoms with van der Waals surface area (Å²) in [5.41, 5.74) is 0. The molecule has 0 bridgehead atoms. The fourth-order valence-corrected chi connectivity index (χ4v) is 2.95. The third kappa shape index (κ3) is 34.6. The van der Waals surface area contributed by atoms with Crippen LogP contribution in [0.2, 0.25) is 0 Å². The molecule has 0 fully saturated rings. The molecule has 0 aliphatic heterocycles. The summed E-state index contributed by atoms with van der Waals surface area (Å²) in [7, 11) is -4.48. The third-order valence-corrected chi connectivity index (χ3v) is 5.10. The van der Waals surface area contributed by atoms with E-state index in [2.05, 4.69) is 11.1 Å². The van der Waals surface area contributed by atoms with Crippen LogP contribution in [0.3, 0.4) is 0 Å². The predicted octanol–water partition coefficient (Wildman–Crippen LogP) is -2.15. The van der Waals surface area contributed by atoms with E-state index >= 15 is 0 Å². The number of aliphatic hydroxyl groups excluding tert-OH is 6. The van der Waals surface area contributed by atoms with Crippen molar-refractivity contribution in [3.8, 4) is 0 Å². The summed E-state index contributed by atoms with van der Waals surface area (Å²) in [4.78, 5) is 0. The van der Waals surface area contributed by atoms with Crippen molar-refractivity contribution in [1.29, 1.82) is 0 Å². The van der Waals surface area contributed by atoms with Gasteiger partial charge < -0.3 is 39.9 Å². The second-order valence-electron chi connectivity index (χ2n) is 7.67. The van der Waals surface area contributed by atoms with E-state index in [1.807, 2.05) is 13.8 Å². The molecule has 0 saturated carbocycles. The molecule has 0 aromatic heterocycles. The summed E-state index contributed by atoms with van der Waals surface area (Å²) in [6.07, 6.45) is 5.31. The third-order valence-electron chi connectivity index (χ3n) is 4.65. The Morgan fingerprint density at radius 2 is 1.03 bits per heavy atom. The summed E-state index contributed by atoms with van der Waals surface area (Å²) in [5.74, 6) is 0. The van der Waals surface area contributed by atoms with Gasteiger partial charge in [-0.2, -0.15) is 0 Å². The average molecular weight is 545 g/mol. The van der Waals surface area contributed by atoms with Gasteiger partial charge in [0.1, 0.15) is 24.4 Å². The van der Waals surface area contributed by atoms with Crippen LogP contribution in [0.5, 0.6) is 0 Å². The van der Waals surface area contributed by atoms with Gasteiger partial charge in [-0.1, -0.05) is 64.7 Å². The van der Waals surface area contributed by atoms with Crippen molar-refractivity contribution in [3.05, 3.63) is 0 Å². The van der Waals surface area contributed by atoms with Gasteiger partial charge in [0.2, 0.25) is 10.4 Å². The first-order valence-corrected chi connectivity index (χ1v) is 13.5. The zero-order valence-electron chi connectivity index (χ0n) is 22.0. The Hall–Kier alpha value is 0.590. The van der Waals surface area contributed by atoms with Crippen LogP contribution < -0.4 is 29.6 Å². The maximum Gasteiger partial charge on any atom is 1.00 e. The first kappa shape index (κ1) is 42.7. The molecule has 0 aliphatic carbocycles. The quantitative estimate of drug-likeness (QED) is 0.0448. The first-order valence-electron chi connectivity index (χ1n) is 12.1. The minimum Gasteiger partial charge on any atom is -0.726 e. The second-order valence-corrected chi connectivity index (χ2v) is 8.73. The zero-order chi connectivity index (χ0) is 26.8. The van der Waals surface area contributed by atoms with Crippen LogP contribution in [0.25, 0.3) is 0 Å². The van der Waals surface area contributed by atoms with Crippen molar-refractivity contribution in [1.82, 2.24) is 0 Å². The smallest absolute Gasteiger partial charge is 0.726 e. The Morgan fingerprint density at radius 3 is 1.29 bits per heavy atom. The molecule has 0 amide bonds. The van der Waals surface area contributed by atoms with Gasteiger partial charge in [-0.15, -0.1) is 0 Å². The van der Waals surface area contributed by atoms with Gasteiger partial charge in [-0.3, -0.25) is 4.18 Å². The summed E-state index contributed by atoms with van der Waals surface area (Å²) < 4.78 is 39.3. The molecule has 13 heteroatoms. The van der Waals surface area contributed by atoms with Crippen molar-refractivity contribution in [2.45, 2.75) is 109 Å². The van der Waals surface area contributed by atoms with Crippen LogP contribution in [0.1, 0.15) is 85.0 Å². The van der Waals surface area contributed by atoms with E-state index in [1.54, 1.807) is 0 Å². The number of unbranched alkanes of at least 4 members (excludes halogenated alkanes) is 9. The maximum absolute atomic E-state index is 10.1. The molecular formula is C22H49NaO11S. The Kier molecular flexibility index (Phi) is 37.6. The molecule has 0 saturated heterocycles. The average Bonchev–Trinajstić information content (AvgIpc) is 2.81. The maximum atomic E-state index is 10.1. The number of hydrogen-bond donors (Lipinski definition) is 6. The molecule has 4 atom stereocenters. The van der Waals surface area contributed by atoms with Crippen molar-refractivity contribution < 1.29 is 82.1 Å². The molecule has 6 N–H and O–H groups in total. The van der Waals surface area contributed by atoms with E-state index in [0.29, 0.717) is 6.42 Å². The Labute approximate surface area is 234 Å². The number of ether oxygens (including phenoxy) is 1. The Bertz CT molecular complexity index is 482. The Balaban J connectivity index is -0.000000233. The SMILES string of the molecule is CCCCCCCCCCCCOS(=O)(=O)[O-].CCOCC.OC[C@@H](O)[C@@H](O)[C@H](O)[C@@H](O)CO.[Na+]. The molecule has 0 unspecified atom stereocenters. The van der Waals surface area contributed by atoms with Crippen molar-refractivity contribution in [2.24, 2.45) is 0 Å². The van der Waals surface area contributed by atoms with Crippen LogP contribution in [0, 0.1) is 0 Å². The molecule has 0 heterocycles. The molecule has 0 radical (unpaired) electrons. The number of rotatable bonds is 19. The Morgan fingerprint density at radius 1 is 0.686 bits per heavy atom. The normalized spacial score (nSPS) is 14.3. The van der Waals surface area contributed by atoms with E-state index in [4.69, 9.17) is 35.4 Å². The molecule has 11 nitrogen and oxygen atoms in total. The molecule has 0 aromatic carbocycles. The van der Waals surface area contributed by atoms with Crippen molar-refractivity contribution in [3.63, 3.8) is 0 Å². The van der Waals surface area contributed by atoms with E-state index < -0.39 is 48.0 Å². The van der Waals surface area contributed by atoms with Crippen LogP contribution in [-0.2, 0) is 19.3 Å².